The van der Waals surface area contributed by atoms with Crippen LogP contribution < -0.4 is 0 Å². The van der Waals surface area contributed by atoms with Gasteiger partial charge in [-0.25, -0.2) is 0 Å². The summed E-state index contributed by atoms with van der Waals surface area (Å²) < 4.78 is 5.27. The van der Waals surface area contributed by atoms with E-state index in [1.165, 1.54) is 0 Å². The molecule has 1 aliphatic rings. The molecule has 60 valence electrons. The van der Waals surface area contributed by atoms with Crippen LogP contribution in [0.3, 0.4) is 0 Å². The zero-order valence-corrected chi connectivity index (χ0v) is 6.89. The van der Waals surface area contributed by atoms with E-state index in [0.717, 1.165) is 18.8 Å². The third kappa shape index (κ3) is 1.47. The van der Waals surface area contributed by atoms with Crippen LogP contribution >= 0.6 is 0 Å². The predicted molar refractivity (Wildman–Crippen MR) is 45.0 cm³/mol. The van der Waals surface area contributed by atoms with Gasteiger partial charge < -0.3 is 9.64 Å². The molecule has 0 spiro atoms. The van der Waals surface area contributed by atoms with E-state index >= 15 is 0 Å². The molecule has 0 aliphatic carbocycles. The fourth-order valence-electron chi connectivity index (χ4n) is 1.12. The van der Waals surface area contributed by atoms with E-state index in [1.54, 1.807) is 0 Å². The van der Waals surface area contributed by atoms with Crippen LogP contribution in [0, 0.1) is 0 Å². The van der Waals surface area contributed by atoms with Crippen molar-refractivity contribution in [1.82, 2.24) is 4.90 Å². The van der Waals surface area contributed by atoms with Gasteiger partial charge in [-0.15, -0.1) is 0 Å². The second-order valence-electron chi connectivity index (χ2n) is 2.38. The Bertz CT molecular complexity index is 214. The van der Waals surface area contributed by atoms with Crippen LogP contribution in [-0.4, -0.2) is 24.6 Å². The van der Waals surface area contributed by atoms with Gasteiger partial charge in [0.15, 0.2) is 5.76 Å². The van der Waals surface area contributed by atoms with Crippen molar-refractivity contribution in [2.45, 2.75) is 6.92 Å². The van der Waals surface area contributed by atoms with Crippen molar-refractivity contribution in [1.29, 1.82) is 0 Å². The second-order valence-corrected chi connectivity index (χ2v) is 2.38. The van der Waals surface area contributed by atoms with Gasteiger partial charge in [0.05, 0.1) is 12.2 Å². The standard InChI is InChI=1S/C9H13NO/c1-4-9-8(3)10(5-2)6-7-11-9/h1,3,5-7H2,2H3. The summed E-state index contributed by atoms with van der Waals surface area (Å²) in [4.78, 5) is 2.15. The Morgan fingerprint density at radius 2 is 2.45 bits per heavy atom. The van der Waals surface area contributed by atoms with Crippen molar-refractivity contribution in [3.05, 3.63) is 30.3 Å². The lowest BCUT2D eigenvalue weighted by Gasteiger charge is -2.30. The smallest absolute Gasteiger partial charge is 0.184 e. The highest BCUT2D eigenvalue weighted by molar-refractivity contribution is 5.21. The van der Waals surface area contributed by atoms with Crippen LogP contribution in [0.5, 0.6) is 0 Å². The van der Waals surface area contributed by atoms with E-state index in [-0.39, 0.29) is 0 Å². The number of likely N-dealkylation sites (N-methyl/N-ethyl adjacent to an activating group) is 1. The molecule has 1 rings (SSSR count). The number of rotatable bonds is 1. The van der Waals surface area contributed by atoms with Crippen molar-refractivity contribution < 1.29 is 4.74 Å². The van der Waals surface area contributed by atoms with Gasteiger partial charge >= 0.3 is 0 Å². The van der Waals surface area contributed by atoms with Crippen molar-refractivity contribution in [3.8, 4) is 0 Å². The first-order valence-corrected chi connectivity index (χ1v) is 3.76. The predicted octanol–water partition coefficient (Wildman–Crippen LogP) is 1.52. The van der Waals surface area contributed by atoms with Gasteiger partial charge in [0.25, 0.3) is 0 Å². The minimum absolute atomic E-state index is 0.693. The summed E-state index contributed by atoms with van der Waals surface area (Å²) >= 11 is 0. The lowest BCUT2D eigenvalue weighted by atomic mass is 10.3. The van der Waals surface area contributed by atoms with E-state index in [2.05, 4.69) is 30.7 Å². The molecule has 0 aromatic heterocycles. The highest BCUT2D eigenvalue weighted by Crippen LogP contribution is 2.17. The van der Waals surface area contributed by atoms with Crippen LogP contribution in [0.2, 0.25) is 0 Å². The third-order valence-electron chi connectivity index (χ3n) is 1.79. The van der Waals surface area contributed by atoms with Crippen molar-refractivity contribution in [2.24, 2.45) is 0 Å². The maximum absolute atomic E-state index is 5.27. The molecule has 1 heterocycles. The monoisotopic (exact) mass is 151 g/mol. The first-order chi connectivity index (χ1) is 5.29. The Kier molecular flexibility index (Phi) is 2.40. The Morgan fingerprint density at radius 3 is 3.00 bits per heavy atom. The van der Waals surface area contributed by atoms with Crippen LogP contribution in [0.25, 0.3) is 0 Å². The lowest BCUT2D eigenvalue weighted by molar-refractivity contribution is 0.132. The van der Waals surface area contributed by atoms with Gasteiger partial charge in [-0.3, -0.25) is 0 Å². The molecular weight excluding hydrogens is 138 g/mol. The van der Waals surface area contributed by atoms with Crippen LogP contribution in [0.1, 0.15) is 6.92 Å². The van der Waals surface area contributed by atoms with E-state index in [0.29, 0.717) is 12.4 Å². The molecule has 2 heteroatoms. The summed E-state index contributed by atoms with van der Waals surface area (Å²) in [6.07, 6.45) is 0. The first kappa shape index (κ1) is 7.96. The summed E-state index contributed by atoms with van der Waals surface area (Å²) in [7, 11) is 0. The van der Waals surface area contributed by atoms with Gasteiger partial charge in [-0.05, 0) is 6.92 Å². The number of hydrogen-bond acceptors (Lipinski definition) is 2. The summed E-state index contributed by atoms with van der Waals surface area (Å²) in [5.41, 5.74) is 3.62. The number of hydrogen-bond donors (Lipinski definition) is 0. The first-order valence-electron chi connectivity index (χ1n) is 3.76. The highest BCUT2D eigenvalue weighted by atomic mass is 16.5. The van der Waals surface area contributed by atoms with Gasteiger partial charge in [0, 0.05) is 6.54 Å². The molecule has 0 N–H and O–H groups in total. The summed E-state index contributed by atoms with van der Waals surface area (Å²) in [6.45, 7) is 12.1. The molecule has 0 bridgehead atoms. The van der Waals surface area contributed by atoms with E-state index in [1.807, 2.05) is 0 Å². The molecular formula is C9H13NO. The molecule has 0 amide bonds. The van der Waals surface area contributed by atoms with E-state index in [4.69, 9.17) is 4.74 Å². The minimum Gasteiger partial charge on any atom is -0.482 e. The Hall–Kier alpha value is -1.14. The maximum Gasteiger partial charge on any atom is 0.184 e. The summed E-state index contributed by atoms with van der Waals surface area (Å²) in [6, 6.07) is 0. The average molecular weight is 151 g/mol. The minimum atomic E-state index is 0.693. The van der Waals surface area contributed by atoms with Crippen molar-refractivity contribution in [3.63, 3.8) is 0 Å². The van der Waals surface area contributed by atoms with Crippen molar-refractivity contribution >= 4 is 0 Å². The molecule has 1 saturated heterocycles. The van der Waals surface area contributed by atoms with Crippen LogP contribution in [0.4, 0.5) is 0 Å². The van der Waals surface area contributed by atoms with Crippen LogP contribution in [0.15, 0.2) is 30.3 Å². The summed E-state index contributed by atoms with van der Waals surface area (Å²) in [5.74, 6) is 0.693. The summed E-state index contributed by atoms with van der Waals surface area (Å²) in [5, 5.41) is 0. The van der Waals surface area contributed by atoms with Crippen LogP contribution in [-0.2, 0) is 4.74 Å². The molecule has 0 aromatic rings. The number of nitrogens with zero attached hydrogens (tertiary/aromatic N) is 1. The lowest BCUT2D eigenvalue weighted by Crippen LogP contribution is -2.32. The molecule has 0 radical (unpaired) electrons. The van der Waals surface area contributed by atoms with E-state index < -0.39 is 0 Å². The Labute approximate surface area is 67.5 Å². The molecule has 0 atom stereocenters. The fraction of sp³-hybridized carbons (Fsp3) is 0.444. The normalized spacial score (nSPS) is 17.7. The van der Waals surface area contributed by atoms with Gasteiger partial charge in [-0.2, -0.15) is 0 Å². The molecule has 2 nitrogen and oxygen atoms in total. The fourth-order valence-corrected chi connectivity index (χ4v) is 1.12. The zero-order valence-electron chi connectivity index (χ0n) is 6.89. The molecule has 1 fully saturated rings. The van der Waals surface area contributed by atoms with E-state index in [9.17, 15) is 0 Å². The van der Waals surface area contributed by atoms with Gasteiger partial charge in [-0.1, -0.05) is 18.9 Å². The molecule has 0 saturated carbocycles. The van der Waals surface area contributed by atoms with Gasteiger partial charge in [0.1, 0.15) is 6.61 Å². The highest BCUT2D eigenvalue weighted by Gasteiger charge is 2.16. The Morgan fingerprint density at radius 1 is 1.73 bits per heavy atom. The molecule has 11 heavy (non-hydrogen) atoms. The SMILES string of the molecule is C=C=C1OCCN(CC)C1=C. The largest absolute Gasteiger partial charge is 0.482 e. The number of ether oxygens (including phenoxy) is 1. The molecule has 0 aromatic carbocycles. The third-order valence-corrected chi connectivity index (χ3v) is 1.79. The number of morpholine rings is 1. The molecule has 0 unspecified atom stereocenters. The average Bonchev–Trinajstić information content (AvgIpc) is 2.05. The molecule has 1 aliphatic heterocycles. The topological polar surface area (TPSA) is 12.5 Å². The Balaban J connectivity index is 2.75. The van der Waals surface area contributed by atoms with Crippen molar-refractivity contribution in [2.75, 3.05) is 19.7 Å². The van der Waals surface area contributed by atoms with Gasteiger partial charge in [0.2, 0.25) is 0 Å². The second kappa shape index (κ2) is 3.31. The quantitative estimate of drug-likeness (QED) is 0.527. The maximum atomic E-state index is 5.27. The zero-order chi connectivity index (χ0) is 8.27.